The molecule has 0 amide bonds. The van der Waals surface area contributed by atoms with Gasteiger partial charge in [0, 0.05) is 25.6 Å². The number of likely N-dealkylation sites (tertiary alicyclic amines) is 1. The zero-order chi connectivity index (χ0) is 14.9. The van der Waals surface area contributed by atoms with Crippen LogP contribution in [0.2, 0.25) is 0 Å². The summed E-state index contributed by atoms with van der Waals surface area (Å²) in [5, 5.41) is 28.8. The van der Waals surface area contributed by atoms with Gasteiger partial charge in [-0.1, -0.05) is 0 Å². The van der Waals surface area contributed by atoms with Crippen molar-refractivity contribution < 1.29 is 24.1 Å². The maximum absolute atomic E-state index is 13.2. The van der Waals surface area contributed by atoms with Gasteiger partial charge in [0.25, 0.3) is 0 Å². The Hall–Kier alpha value is -0.300. The molecule has 1 aliphatic carbocycles. The Kier molecular flexibility index (Phi) is 5.00. The fraction of sp³-hybridized carbons (Fsp3) is 1.00. The molecule has 0 radical (unpaired) electrons. The first-order valence-electron chi connectivity index (χ1n) is 7.41. The van der Waals surface area contributed by atoms with Gasteiger partial charge in [-0.15, -0.1) is 0 Å². The smallest absolute Gasteiger partial charge is 0.248 e. The first-order chi connectivity index (χ1) is 9.27. The van der Waals surface area contributed by atoms with E-state index in [0.29, 0.717) is 38.4 Å². The molecule has 0 aromatic rings. The van der Waals surface area contributed by atoms with E-state index in [9.17, 15) is 24.1 Å². The van der Waals surface area contributed by atoms with Crippen molar-refractivity contribution in [3.63, 3.8) is 0 Å². The van der Waals surface area contributed by atoms with E-state index in [1.54, 1.807) is 0 Å². The molecule has 1 aliphatic heterocycles. The van der Waals surface area contributed by atoms with Crippen molar-refractivity contribution in [1.82, 2.24) is 4.90 Å². The van der Waals surface area contributed by atoms with Crippen molar-refractivity contribution in [2.75, 3.05) is 19.6 Å². The number of piperidine rings is 1. The quantitative estimate of drug-likeness (QED) is 0.722. The molecule has 20 heavy (non-hydrogen) atoms. The lowest BCUT2D eigenvalue weighted by Gasteiger charge is -2.40. The topological polar surface area (TPSA) is 63.9 Å². The van der Waals surface area contributed by atoms with Gasteiger partial charge in [0.05, 0.1) is 12.2 Å². The summed E-state index contributed by atoms with van der Waals surface area (Å²) in [6.07, 6.45) is -0.352. The summed E-state index contributed by atoms with van der Waals surface area (Å²) in [4.78, 5) is 1.93. The molecule has 2 rings (SSSR count). The highest BCUT2D eigenvalue weighted by Gasteiger charge is 2.38. The highest BCUT2D eigenvalue weighted by molar-refractivity contribution is 4.88. The second-order valence-electron chi connectivity index (χ2n) is 6.52. The first-order valence-corrected chi connectivity index (χ1v) is 7.41. The van der Waals surface area contributed by atoms with Crippen LogP contribution in [0.25, 0.3) is 0 Å². The number of hydrogen-bond donors (Lipinski definition) is 3. The number of nitrogens with zero attached hydrogens (tertiary/aromatic N) is 1. The molecule has 1 saturated heterocycles. The van der Waals surface area contributed by atoms with E-state index in [1.807, 2.05) is 4.90 Å². The van der Waals surface area contributed by atoms with Crippen LogP contribution in [0.1, 0.15) is 32.6 Å². The molecule has 4 nitrogen and oxygen atoms in total. The number of halogens is 2. The highest BCUT2D eigenvalue weighted by Crippen LogP contribution is 2.38. The Morgan fingerprint density at radius 1 is 1.00 bits per heavy atom. The van der Waals surface area contributed by atoms with Crippen molar-refractivity contribution in [3.05, 3.63) is 0 Å². The van der Waals surface area contributed by atoms with Crippen LogP contribution >= 0.6 is 0 Å². The molecule has 3 atom stereocenters. The normalized spacial score (nSPS) is 40.8. The lowest BCUT2D eigenvalue weighted by atomic mass is 9.79. The molecule has 0 unspecified atom stereocenters. The maximum atomic E-state index is 13.2. The van der Waals surface area contributed by atoms with E-state index >= 15 is 0 Å². The van der Waals surface area contributed by atoms with Gasteiger partial charge in [-0.05, 0) is 38.5 Å². The largest absolute Gasteiger partial charge is 0.389 e. The number of alkyl halides is 2. The lowest BCUT2D eigenvalue weighted by molar-refractivity contribution is -0.113. The van der Waals surface area contributed by atoms with E-state index < -0.39 is 30.2 Å². The minimum Gasteiger partial charge on any atom is -0.389 e. The van der Waals surface area contributed by atoms with Crippen LogP contribution < -0.4 is 0 Å². The number of aliphatic hydroxyl groups excluding tert-OH is 3. The average molecular weight is 293 g/mol. The fourth-order valence-electron chi connectivity index (χ4n) is 3.44. The van der Waals surface area contributed by atoms with Crippen molar-refractivity contribution in [2.45, 2.75) is 56.8 Å². The molecule has 0 bridgehead atoms. The molecule has 2 fully saturated rings. The third-order valence-electron chi connectivity index (χ3n) is 4.76. The zero-order valence-corrected chi connectivity index (χ0v) is 11.9. The van der Waals surface area contributed by atoms with Gasteiger partial charge in [0.1, 0.15) is 6.10 Å². The van der Waals surface area contributed by atoms with Crippen LogP contribution in [0, 0.1) is 11.8 Å². The summed E-state index contributed by atoms with van der Waals surface area (Å²) in [5.41, 5.74) is 0. The van der Waals surface area contributed by atoms with E-state index in [-0.39, 0.29) is 0 Å². The average Bonchev–Trinajstić information content (AvgIpc) is 2.35. The molecule has 118 valence electrons. The van der Waals surface area contributed by atoms with E-state index in [1.165, 1.54) is 0 Å². The Bertz CT molecular complexity index is 304. The van der Waals surface area contributed by atoms with E-state index in [2.05, 4.69) is 0 Å². The molecular weight excluding hydrogens is 268 g/mol. The van der Waals surface area contributed by atoms with Gasteiger partial charge < -0.3 is 15.3 Å². The fourth-order valence-corrected chi connectivity index (χ4v) is 3.44. The van der Waals surface area contributed by atoms with E-state index in [0.717, 1.165) is 19.8 Å². The van der Waals surface area contributed by atoms with Crippen LogP contribution in [-0.4, -0.2) is 64.1 Å². The van der Waals surface area contributed by atoms with Gasteiger partial charge in [-0.25, -0.2) is 8.78 Å². The van der Waals surface area contributed by atoms with Crippen molar-refractivity contribution in [2.24, 2.45) is 11.8 Å². The minimum absolute atomic E-state index is 0.335. The third-order valence-corrected chi connectivity index (χ3v) is 4.76. The summed E-state index contributed by atoms with van der Waals surface area (Å²) in [6.45, 7) is 2.36. The molecule has 6 heteroatoms. The summed E-state index contributed by atoms with van der Waals surface area (Å²) in [5.74, 6) is -2.77. The standard InChI is InChI=1S/C14H25F2NO3/c1-14(15,16)10-4-2-9(3-5-10)6-17-7-11(18)13(20)12(19)8-17/h9-13,18-20H,2-8H2,1H3/t9-,10+,11-,12+,13+. The Morgan fingerprint density at radius 3 is 1.95 bits per heavy atom. The van der Waals surface area contributed by atoms with Crippen LogP contribution in [0.5, 0.6) is 0 Å². The zero-order valence-electron chi connectivity index (χ0n) is 11.9. The first kappa shape index (κ1) is 16.1. The Morgan fingerprint density at radius 2 is 1.50 bits per heavy atom. The van der Waals surface area contributed by atoms with Gasteiger partial charge in [-0.2, -0.15) is 0 Å². The second-order valence-corrected chi connectivity index (χ2v) is 6.52. The Balaban J connectivity index is 1.78. The maximum Gasteiger partial charge on any atom is 0.248 e. The van der Waals surface area contributed by atoms with Crippen LogP contribution in [0.15, 0.2) is 0 Å². The number of β-amino-alcohol motifs (C(OH)–C–C–N with tert-alkyl or cyclic N) is 2. The summed E-state index contributed by atoms with van der Waals surface area (Å²) in [7, 11) is 0. The molecule has 1 saturated carbocycles. The SMILES string of the molecule is CC(F)(F)[C@H]1CC[C@@H](CN2C[C@@H](O)[C@H](O)[C@@H](O)C2)CC1. The van der Waals surface area contributed by atoms with Gasteiger partial charge >= 0.3 is 0 Å². The van der Waals surface area contributed by atoms with Crippen molar-refractivity contribution in [3.8, 4) is 0 Å². The lowest BCUT2D eigenvalue weighted by Crippen LogP contribution is -2.56. The monoisotopic (exact) mass is 293 g/mol. The molecule has 0 aromatic heterocycles. The predicted molar refractivity (Wildman–Crippen MR) is 70.5 cm³/mol. The predicted octanol–water partition coefficient (Wildman–Crippen LogP) is 0.846. The second kappa shape index (κ2) is 6.22. The number of rotatable bonds is 3. The van der Waals surface area contributed by atoms with Gasteiger partial charge in [0.2, 0.25) is 5.92 Å². The van der Waals surface area contributed by atoms with E-state index in [4.69, 9.17) is 0 Å². The molecule has 0 spiro atoms. The van der Waals surface area contributed by atoms with Crippen LogP contribution in [0.3, 0.4) is 0 Å². The molecular formula is C14H25F2NO3. The number of hydrogen-bond acceptors (Lipinski definition) is 4. The Labute approximate surface area is 118 Å². The number of aliphatic hydroxyl groups is 3. The molecule has 2 aliphatic rings. The van der Waals surface area contributed by atoms with Crippen LogP contribution in [0.4, 0.5) is 8.78 Å². The third kappa shape index (κ3) is 3.87. The highest BCUT2D eigenvalue weighted by atomic mass is 19.3. The van der Waals surface area contributed by atoms with Gasteiger partial charge in [-0.3, -0.25) is 4.90 Å². The summed E-state index contributed by atoms with van der Waals surface area (Å²) in [6, 6.07) is 0. The van der Waals surface area contributed by atoms with Crippen molar-refractivity contribution in [1.29, 1.82) is 0 Å². The van der Waals surface area contributed by atoms with Crippen LogP contribution in [-0.2, 0) is 0 Å². The molecule has 0 aromatic carbocycles. The summed E-state index contributed by atoms with van der Waals surface area (Å²) < 4.78 is 26.5. The summed E-state index contributed by atoms with van der Waals surface area (Å²) >= 11 is 0. The minimum atomic E-state index is -2.59. The van der Waals surface area contributed by atoms with Gasteiger partial charge in [0.15, 0.2) is 0 Å². The molecule has 1 heterocycles. The molecule has 3 N–H and O–H groups in total. The van der Waals surface area contributed by atoms with Crippen molar-refractivity contribution >= 4 is 0 Å².